The minimum absolute atomic E-state index is 0.0350. The molecule has 0 aliphatic carbocycles. The van der Waals surface area contributed by atoms with Gasteiger partial charge < -0.3 is 0 Å². The highest BCUT2D eigenvalue weighted by molar-refractivity contribution is 7.89. The van der Waals surface area contributed by atoms with Gasteiger partial charge in [0.2, 0.25) is 10.0 Å². The molecule has 0 radical (unpaired) electrons. The lowest BCUT2D eigenvalue weighted by atomic mass is 9.99. The molecule has 2 aromatic rings. The van der Waals surface area contributed by atoms with Crippen molar-refractivity contribution in [3.63, 3.8) is 0 Å². The first-order valence-electron chi connectivity index (χ1n) is 9.40. The molecular weight excluding hydrogens is 462 g/mol. The highest BCUT2D eigenvalue weighted by Crippen LogP contribution is 2.33. The van der Waals surface area contributed by atoms with Crippen LogP contribution in [0.1, 0.15) is 46.2 Å². The summed E-state index contributed by atoms with van der Waals surface area (Å²) in [6.07, 6.45) is 0.789. The minimum Gasteiger partial charge on any atom is -0.272 e. The van der Waals surface area contributed by atoms with E-state index in [-0.39, 0.29) is 22.9 Å². The third-order valence-corrected chi connectivity index (χ3v) is 8.20. The van der Waals surface area contributed by atoms with Gasteiger partial charge in [-0.2, -0.15) is 9.57 Å². The van der Waals surface area contributed by atoms with E-state index in [1.165, 1.54) is 21.7 Å². The number of nitrogens with one attached hydrogen (secondary N) is 2. The molecule has 9 nitrogen and oxygen atoms in total. The zero-order valence-electron chi connectivity index (χ0n) is 16.6. The summed E-state index contributed by atoms with van der Waals surface area (Å²) < 4.78 is 27.3. The Morgan fingerprint density at radius 2 is 2.03 bits per heavy atom. The van der Waals surface area contributed by atoms with Crippen LogP contribution in [0, 0.1) is 18.3 Å². The normalized spacial score (nSPS) is 15.3. The number of aryl methyl sites for hydroxylation is 1. The van der Waals surface area contributed by atoms with Gasteiger partial charge in [0.25, 0.3) is 11.8 Å². The summed E-state index contributed by atoms with van der Waals surface area (Å²) in [6, 6.07) is 6.40. The Balaban J connectivity index is 1.60. The van der Waals surface area contributed by atoms with Crippen molar-refractivity contribution in [1.29, 1.82) is 5.26 Å². The smallest absolute Gasteiger partial charge is 0.272 e. The fraction of sp³-hybridized carbons (Fsp3) is 0.368. The number of benzene rings is 1. The van der Waals surface area contributed by atoms with Gasteiger partial charge in [-0.25, -0.2) is 13.4 Å². The van der Waals surface area contributed by atoms with Crippen molar-refractivity contribution in [3.8, 4) is 6.07 Å². The maximum atomic E-state index is 12.9. The molecule has 1 aliphatic heterocycles. The van der Waals surface area contributed by atoms with E-state index in [0.29, 0.717) is 31.0 Å². The number of rotatable bonds is 5. The SMILES string of the molecule is Cc1ccc(S(=O)(=O)N2CCC(c3nc(C(=O)NNC(=O)CC#N)cs3)CC2)cc1Cl. The molecule has 0 saturated carbocycles. The van der Waals surface area contributed by atoms with Gasteiger partial charge in [-0.05, 0) is 37.5 Å². The summed E-state index contributed by atoms with van der Waals surface area (Å²) in [7, 11) is -3.63. The van der Waals surface area contributed by atoms with Gasteiger partial charge in [0.15, 0.2) is 0 Å². The van der Waals surface area contributed by atoms with Crippen LogP contribution in [0.25, 0.3) is 0 Å². The molecule has 3 rings (SSSR count). The van der Waals surface area contributed by atoms with E-state index in [4.69, 9.17) is 16.9 Å². The number of hydrogen-bond donors (Lipinski definition) is 2. The molecule has 12 heteroatoms. The van der Waals surface area contributed by atoms with E-state index in [9.17, 15) is 18.0 Å². The molecule has 0 unspecified atom stereocenters. The molecule has 0 bridgehead atoms. The summed E-state index contributed by atoms with van der Waals surface area (Å²) in [6.45, 7) is 2.49. The maximum absolute atomic E-state index is 12.9. The number of hydrazine groups is 1. The third-order valence-electron chi connectivity index (χ3n) is 4.89. The number of nitrogens with zero attached hydrogens (tertiary/aromatic N) is 3. The molecule has 0 spiro atoms. The van der Waals surface area contributed by atoms with Gasteiger partial charge in [-0.3, -0.25) is 20.4 Å². The van der Waals surface area contributed by atoms with Crippen LogP contribution < -0.4 is 10.9 Å². The molecule has 164 valence electrons. The van der Waals surface area contributed by atoms with Crippen LogP contribution in [0.3, 0.4) is 0 Å². The zero-order valence-corrected chi connectivity index (χ0v) is 19.0. The predicted octanol–water partition coefficient (Wildman–Crippen LogP) is 2.35. The van der Waals surface area contributed by atoms with Gasteiger partial charge in [0.1, 0.15) is 12.1 Å². The fourth-order valence-corrected chi connectivity index (χ4v) is 5.83. The van der Waals surface area contributed by atoms with E-state index in [1.807, 2.05) is 6.92 Å². The average molecular weight is 482 g/mol. The first-order valence-corrected chi connectivity index (χ1v) is 12.1. The molecule has 2 N–H and O–H groups in total. The Bertz CT molecular complexity index is 1130. The van der Waals surface area contributed by atoms with Crippen molar-refractivity contribution in [2.75, 3.05) is 13.1 Å². The average Bonchev–Trinajstić information content (AvgIpc) is 3.24. The van der Waals surface area contributed by atoms with Crippen molar-refractivity contribution in [3.05, 3.63) is 44.9 Å². The topological polar surface area (TPSA) is 132 Å². The van der Waals surface area contributed by atoms with Crippen LogP contribution in [0.5, 0.6) is 0 Å². The van der Waals surface area contributed by atoms with E-state index in [2.05, 4.69) is 15.8 Å². The predicted molar refractivity (Wildman–Crippen MR) is 115 cm³/mol. The Labute approximate surface area is 189 Å². The minimum atomic E-state index is -3.63. The van der Waals surface area contributed by atoms with E-state index in [0.717, 1.165) is 10.6 Å². The summed E-state index contributed by atoms with van der Waals surface area (Å²) >= 11 is 7.40. The first kappa shape index (κ1) is 23.1. The molecule has 31 heavy (non-hydrogen) atoms. The number of amides is 2. The maximum Gasteiger partial charge on any atom is 0.289 e. The second-order valence-electron chi connectivity index (χ2n) is 7.00. The summed E-state index contributed by atoms with van der Waals surface area (Å²) in [4.78, 5) is 27.8. The van der Waals surface area contributed by atoms with Crippen molar-refractivity contribution in [2.45, 2.75) is 37.0 Å². The monoisotopic (exact) mass is 481 g/mol. The van der Waals surface area contributed by atoms with Crippen LogP contribution in [-0.4, -0.2) is 42.6 Å². The second kappa shape index (κ2) is 9.74. The number of carbonyl (C=O) groups excluding carboxylic acids is 2. The fourth-order valence-electron chi connectivity index (χ4n) is 3.11. The highest BCUT2D eigenvalue weighted by atomic mass is 35.5. The van der Waals surface area contributed by atoms with Crippen LogP contribution in [0.4, 0.5) is 0 Å². The summed E-state index contributed by atoms with van der Waals surface area (Å²) in [5.41, 5.74) is 5.31. The highest BCUT2D eigenvalue weighted by Gasteiger charge is 2.31. The number of aromatic nitrogens is 1. The Kier molecular flexibility index (Phi) is 7.27. The molecule has 0 atom stereocenters. The van der Waals surface area contributed by atoms with Crippen LogP contribution in [0.2, 0.25) is 5.02 Å². The Morgan fingerprint density at radius 1 is 1.32 bits per heavy atom. The number of piperidine rings is 1. The standard InChI is InChI=1S/C19H20ClN5O4S2/c1-12-2-3-14(10-15(12)20)31(28,29)25-8-5-13(6-9-25)19-22-16(11-30-19)18(27)24-23-17(26)4-7-21/h2-3,10-11,13H,4-6,8-9H2,1H3,(H,23,26)(H,24,27). The molecular formula is C19H20ClN5O4S2. The van der Waals surface area contributed by atoms with Gasteiger partial charge in [0, 0.05) is 29.4 Å². The van der Waals surface area contributed by atoms with Crippen LogP contribution in [0.15, 0.2) is 28.5 Å². The number of sulfonamides is 1. The van der Waals surface area contributed by atoms with Gasteiger partial charge >= 0.3 is 0 Å². The third kappa shape index (κ3) is 5.40. The lowest BCUT2D eigenvalue weighted by molar-refractivity contribution is -0.120. The van der Waals surface area contributed by atoms with Crippen molar-refractivity contribution in [1.82, 2.24) is 20.1 Å². The lowest BCUT2D eigenvalue weighted by Crippen LogP contribution is -2.41. The molecule has 1 aromatic carbocycles. The van der Waals surface area contributed by atoms with E-state index in [1.54, 1.807) is 23.6 Å². The summed E-state index contributed by atoms with van der Waals surface area (Å²) in [5, 5.41) is 11.2. The largest absolute Gasteiger partial charge is 0.289 e. The molecule has 2 amide bonds. The molecule has 1 aromatic heterocycles. The molecule has 2 heterocycles. The molecule has 1 aliphatic rings. The van der Waals surface area contributed by atoms with Crippen molar-refractivity contribution in [2.24, 2.45) is 0 Å². The number of halogens is 1. The van der Waals surface area contributed by atoms with Crippen molar-refractivity contribution >= 4 is 44.8 Å². The van der Waals surface area contributed by atoms with E-state index >= 15 is 0 Å². The van der Waals surface area contributed by atoms with Gasteiger partial charge in [0.05, 0.1) is 16.0 Å². The van der Waals surface area contributed by atoms with E-state index < -0.39 is 21.8 Å². The first-order chi connectivity index (χ1) is 14.7. The molecule has 1 fully saturated rings. The number of hydrogen-bond acceptors (Lipinski definition) is 7. The number of thiazole rings is 1. The van der Waals surface area contributed by atoms with Gasteiger partial charge in [-0.15, -0.1) is 11.3 Å². The zero-order chi connectivity index (χ0) is 22.6. The second-order valence-corrected chi connectivity index (χ2v) is 10.2. The van der Waals surface area contributed by atoms with Crippen molar-refractivity contribution < 1.29 is 18.0 Å². The van der Waals surface area contributed by atoms with Crippen LogP contribution >= 0.6 is 22.9 Å². The number of carbonyl (C=O) groups is 2. The van der Waals surface area contributed by atoms with Crippen LogP contribution in [-0.2, 0) is 14.8 Å². The Morgan fingerprint density at radius 3 is 2.68 bits per heavy atom. The Hall–Kier alpha value is -2.52. The number of nitriles is 1. The lowest BCUT2D eigenvalue weighted by Gasteiger charge is -2.30. The quantitative estimate of drug-likeness (QED) is 0.630. The molecule has 1 saturated heterocycles. The van der Waals surface area contributed by atoms with Gasteiger partial charge in [-0.1, -0.05) is 17.7 Å². The summed E-state index contributed by atoms with van der Waals surface area (Å²) in [5.74, 6) is -1.16.